The molecule has 0 saturated heterocycles. The van der Waals surface area contributed by atoms with Gasteiger partial charge in [-0.25, -0.2) is 0 Å². The van der Waals surface area contributed by atoms with Gasteiger partial charge in [0.05, 0.1) is 0 Å². The van der Waals surface area contributed by atoms with Gasteiger partial charge in [0.15, 0.2) is 0 Å². The van der Waals surface area contributed by atoms with Crippen LogP contribution in [0.3, 0.4) is 0 Å². The van der Waals surface area contributed by atoms with Crippen molar-refractivity contribution in [3.8, 4) is 6.07 Å². The Morgan fingerprint density at radius 3 is 2.69 bits per heavy atom. The summed E-state index contributed by atoms with van der Waals surface area (Å²) in [5.74, 6) is -0.446. The third kappa shape index (κ3) is 5.08. The molecular weight excluding hydrogens is 405 g/mol. The first-order valence-electron chi connectivity index (χ1n) is 8.97. The van der Waals surface area contributed by atoms with E-state index in [4.69, 9.17) is 23.2 Å². The Morgan fingerprint density at radius 2 is 1.97 bits per heavy atom. The molecule has 0 aliphatic rings. The second-order valence-corrected chi connectivity index (χ2v) is 7.58. The van der Waals surface area contributed by atoms with Crippen LogP contribution in [0.5, 0.6) is 0 Å². The average Bonchev–Trinajstić information content (AvgIpc) is 3.11. The molecule has 3 rings (SSSR count). The first kappa shape index (κ1) is 20.7. The molecule has 0 aliphatic carbocycles. The van der Waals surface area contributed by atoms with E-state index in [9.17, 15) is 10.1 Å². The third-order valence-electron chi connectivity index (χ3n) is 4.52. The number of rotatable bonds is 5. The van der Waals surface area contributed by atoms with Gasteiger partial charge in [-0.2, -0.15) is 5.26 Å². The number of nitrogens with one attached hydrogen (secondary N) is 1. The standard InChI is InChI=1S/C23H19Cl2N3O/c1-15-5-6-16(2)22(10-15)27-23(29)18(13-26)11-20-4-3-9-28(20)14-17-7-8-19(24)12-21(17)25/h3-12H,14H2,1-2H3,(H,27,29)/b18-11+. The number of anilines is 1. The highest BCUT2D eigenvalue weighted by molar-refractivity contribution is 6.35. The van der Waals surface area contributed by atoms with Gasteiger partial charge >= 0.3 is 0 Å². The van der Waals surface area contributed by atoms with Gasteiger partial charge in [0.25, 0.3) is 5.91 Å². The predicted molar refractivity (Wildman–Crippen MR) is 118 cm³/mol. The summed E-state index contributed by atoms with van der Waals surface area (Å²) in [6.07, 6.45) is 3.44. The Hall–Kier alpha value is -3.00. The van der Waals surface area contributed by atoms with Gasteiger partial charge in [-0.05, 0) is 66.9 Å². The molecule has 2 aromatic carbocycles. The van der Waals surface area contributed by atoms with Crippen LogP contribution in [0.4, 0.5) is 5.69 Å². The lowest BCUT2D eigenvalue weighted by atomic mass is 10.1. The van der Waals surface area contributed by atoms with Gasteiger partial charge < -0.3 is 9.88 Å². The van der Waals surface area contributed by atoms with Crippen molar-refractivity contribution in [3.05, 3.63) is 92.7 Å². The number of amides is 1. The van der Waals surface area contributed by atoms with Crippen LogP contribution in [-0.4, -0.2) is 10.5 Å². The Kier molecular flexibility index (Phi) is 6.43. The highest BCUT2D eigenvalue weighted by atomic mass is 35.5. The summed E-state index contributed by atoms with van der Waals surface area (Å²) in [5.41, 5.74) is 4.29. The van der Waals surface area contributed by atoms with Crippen LogP contribution < -0.4 is 5.32 Å². The van der Waals surface area contributed by atoms with Crippen LogP contribution >= 0.6 is 23.2 Å². The summed E-state index contributed by atoms with van der Waals surface area (Å²) in [6.45, 7) is 4.35. The van der Waals surface area contributed by atoms with Gasteiger partial charge in [0, 0.05) is 34.2 Å². The normalized spacial score (nSPS) is 11.2. The molecule has 1 amide bonds. The number of aryl methyl sites for hydroxylation is 2. The molecular formula is C23H19Cl2N3O. The maximum atomic E-state index is 12.6. The molecule has 6 heteroatoms. The Bertz CT molecular complexity index is 1140. The average molecular weight is 424 g/mol. The molecule has 0 saturated carbocycles. The molecule has 0 unspecified atom stereocenters. The smallest absolute Gasteiger partial charge is 0.266 e. The molecule has 0 bridgehead atoms. The second-order valence-electron chi connectivity index (χ2n) is 6.74. The van der Waals surface area contributed by atoms with E-state index in [1.165, 1.54) is 0 Å². The highest BCUT2D eigenvalue weighted by Gasteiger charge is 2.13. The molecule has 1 aromatic heterocycles. The van der Waals surface area contributed by atoms with Crippen LogP contribution in [0, 0.1) is 25.2 Å². The van der Waals surface area contributed by atoms with Crippen molar-refractivity contribution in [1.82, 2.24) is 4.57 Å². The summed E-state index contributed by atoms with van der Waals surface area (Å²) in [5, 5.41) is 13.5. The van der Waals surface area contributed by atoms with Crippen LogP contribution in [0.2, 0.25) is 10.0 Å². The number of hydrogen-bond acceptors (Lipinski definition) is 2. The van der Waals surface area contributed by atoms with Crippen LogP contribution in [0.15, 0.2) is 60.3 Å². The monoisotopic (exact) mass is 423 g/mol. The quantitative estimate of drug-likeness (QED) is 0.403. The minimum Gasteiger partial charge on any atom is -0.343 e. The summed E-state index contributed by atoms with van der Waals surface area (Å²) in [4.78, 5) is 12.6. The van der Waals surface area contributed by atoms with Crippen molar-refractivity contribution in [2.75, 3.05) is 5.32 Å². The van der Waals surface area contributed by atoms with Crippen molar-refractivity contribution in [2.45, 2.75) is 20.4 Å². The summed E-state index contributed by atoms with van der Waals surface area (Å²) < 4.78 is 1.91. The predicted octanol–water partition coefficient (Wildman–Crippen LogP) is 6.01. The SMILES string of the molecule is Cc1ccc(C)c(NC(=O)/C(C#N)=C/c2cccn2Cc2ccc(Cl)cc2Cl)c1. The van der Waals surface area contributed by atoms with Crippen LogP contribution in [-0.2, 0) is 11.3 Å². The lowest BCUT2D eigenvalue weighted by Gasteiger charge is -2.10. The van der Waals surface area contributed by atoms with E-state index in [1.54, 1.807) is 18.2 Å². The minimum atomic E-state index is -0.446. The zero-order valence-corrected chi connectivity index (χ0v) is 17.6. The second kappa shape index (κ2) is 9.00. The number of hydrogen-bond donors (Lipinski definition) is 1. The first-order chi connectivity index (χ1) is 13.9. The minimum absolute atomic E-state index is 0.0214. The molecule has 146 valence electrons. The molecule has 1 N–H and O–H groups in total. The summed E-state index contributed by atoms with van der Waals surface area (Å²) in [7, 11) is 0. The van der Waals surface area contributed by atoms with Crippen LogP contribution in [0.25, 0.3) is 6.08 Å². The van der Waals surface area contributed by atoms with Crippen LogP contribution in [0.1, 0.15) is 22.4 Å². The largest absolute Gasteiger partial charge is 0.343 e. The number of nitrogens with zero attached hydrogens (tertiary/aromatic N) is 2. The number of benzene rings is 2. The fourth-order valence-corrected chi connectivity index (χ4v) is 3.36. The van der Waals surface area contributed by atoms with E-state index in [-0.39, 0.29) is 5.57 Å². The van der Waals surface area contributed by atoms with Crippen molar-refractivity contribution < 1.29 is 4.79 Å². The topological polar surface area (TPSA) is 57.8 Å². The fourth-order valence-electron chi connectivity index (χ4n) is 2.89. The van der Waals surface area contributed by atoms with Gasteiger partial charge in [-0.1, -0.05) is 41.4 Å². The number of aromatic nitrogens is 1. The lowest BCUT2D eigenvalue weighted by molar-refractivity contribution is -0.112. The Labute approximate surface area is 180 Å². The fraction of sp³-hybridized carbons (Fsp3) is 0.130. The molecule has 0 fully saturated rings. The molecule has 0 radical (unpaired) electrons. The lowest BCUT2D eigenvalue weighted by Crippen LogP contribution is -2.14. The maximum absolute atomic E-state index is 12.6. The number of carbonyl (C=O) groups is 1. The van der Waals surface area contributed by atoms with E-state index >= 15 is 0 Å². The third-order valence-corrected chi connectivity index (χ3v) is 5.11. The zero-order valence-electron chi connectivity index (χ0n) is 16.0. The summed E-state index contributed by atoms with van der Waals surface area (Å²) in [6, 6.07) is 16.8. The Morgan fingerprint density at radius 1 is 1.17 bits per heavy atom. The molecule has 0 atom stereocenters. The molecule has 4 nitrogen and oxygen atoms in total. The molecule has 0 aliphatic heterocycles. The number of halogens is 2. The van der Waals surface area contributed by atoms with Crippen molar-refractivity contribution >= 4 is 40.9 Å². The van der Waals surface area contributed by atoms with Crippen molar-refractivity contribution in [1.29, 1.82) is 5.26 Å². The molecule has 1 heterocycles. The van der Waals surface area contributed by atoms with E-state index in [0.717, 1.165) is 22.4 Å². The zero-order chi connectivity index (χ0) is 21.0. The molecule has 0 spiro atoms. The first-order valence-corrected chi connectivity index (χ1v) is 9.72. The number of carbonyl (C=O) groups excluding carboxylic acids is 1. The van der Waals surface area contributed by atoms with Crippen molar-refractivity contribution in [2.24, 2.45) is 0 Å². The van der Waals surface area contributed by atoms with Gasteiger partial charge in [-0.3, -0.25) is 4.79 Å². The van der Waals surface area contributed by atoms with E-state index in [2.05, 4.69) is 5.32 Å². The number of nitriles is 1. The van der Waals surface area contributed by atoms with Gasteiger partial charge in [0.2, 0.25) is 0 Å². The molecule has 29 heavy (non-hydrogen) atoms. The van der Waals surface area contributed by atoms with Crippen molar-refractivity contribution in [3.63, 3.8) is 0 Å². The molecule has 3 aromatic rings. The Balaban J connectivity index is 1.85. The maximum Gasteiger partial charge on any atom is 0.266 e. The highest BCUT2D eigenvalue weighted by Crippen LogP contribution is 2.23. The van der Waals surface area contributed by atoms with Gasteiger partial charge in [0.1, 0.15) is 11.6 Å². The van der Waals surface area contributed by atoms with Gasteiger partial charge in [-0.15, -0.1) is 0 Å². The van der Waals surface area contributed by atoms with E-state index in [0.29, 0.717) is 22.3 Å². The van der Waals surface area contributed by atoms with E-state index in [1.807, 2.05) is 67.1 Å². The van der Waals surface area contributed by atoms with E-state index < -0.39 is 5.91 Å². The summed E-state index contributed by atoms with van der Waals surface area (Å²) >= 11 is 12.2.